The summed E-state index contributed by atoms with van der Waals surface area (Å²) < 4.78 is 8.83. The van der Waals surface area contributed by atoms with Crippen LogP contribution in [-0.2, 0) is 6.54 Å². The van der Waals surface area contributed by atoms with Crippen LogP contribution >= 0.6 is 0 Å². The number of methoxy groups -OCH3 is 1. The van der Waals surface area contributed by atoms with E-state index in [0.29, 0.717) is 17.4 Å². The van der Waals surface area contributed by atoms with Gasteiger partial charge in [0, 0.05) is 42.3 Å². The molecule has 0 spiro atoms. The topological polar surface area (TPSA) is 74.3 Å². The molecule has 0 aliphatic heterocycles. The van der Waals surface area contributed by atoms with E-state index in [2.05, 4.69) is 23.9 Å². The molecule has 148 valence electrons. The van der Waals surface area contributed by atoms with Crippen LogP contribution in [0.15, 0.2) is 59.9 Å². The van der Waals surface area contributed by atoms with E-state index in [1.165, 1.54) is 0 Å². The molecule has 7 nitrogen and oxygen atoms in total. The summed E-state index contributed by atoms with van der Waals surface area (Å²) in [4.78, 5) is 21.5. The third-order valence-corrected chi connectivity index (χ3v) is 4.86. The first-order valence-electron chi connectivity index (χ1n) is 9.61. The van der Waals surface area contributed by atoms with Crippen molar-refractivity contribution >= 4 is 5.65 Å². The van der Waals surface area contributed by atoms with Gasteiger partial charge >= 0.3 is 0 Å². The number of fused-ring (bicyclic) bond motifs is 1. The van der Waals surface area contributed by atoms with Gasteiger partial charge in [-0.2, -0.15) is 5.10 Å². The minimum atomic E-state index is -0.0208. The van der Waals surface area contributed by atoms with Crippen molar-refractivity contribution in [2.75, 3.05) is 7.11 Å². The van der Waals surface area contributed by atoms with E-state index in [9.17, 15) is 4.79 Å². The molecule has 0 unspecified atom stereocenters. The maximum Gasteiger partial charge on any atom is 0.251 e. The lowest BCUT2D eigenvalue weighted by molar-refractivity contribution is 0.400. The van der Waals surface area contributed by atoms with Crippen molar-refractivity contribution in [3.8, 4) is 28.3 Å². The second-order valence-corrected chi connectivity index (χ2v) is 7.33. The number of nitrogens with zero attached hydrogens (tertiary/aromatic N) is 5. The summed E-state index contributed by atoms with van der Waals surface area (Å²) in [5.74, 6) is 1.07. The Balaban J connectivity index is 1.75. The molecule has 4 aromatic rings. The van der Waals surface area contributed by atoms with Crippen LogP contribution in [0.5, 0.6) is 5.88 Å². The predicted octanol–water partition coefficient (Wildman–Crippen LogP) is 3.67. The third-order valence-electron chi connectivity index (χ3n) is 4.86. The predicted molar refractivity (Wildman–Crippen MR) is 112 cm³/mol. The average molecular weight is 389 g/mol. The van der Waals surface area contributed by atoms with Crippen LogP contribution in [-0.4, -0.2) is 31.3 Å². The molecule has 0 amide bonds. The van der Waals surface area contributed by atoms with Gasteiger partial charge in [-0.05, 0) is 36.6 Å². The van der Waals surface area contributed by atoms with Crippen LogP contribution in [0.3, 0.4) is 0 Å². The van der Waals surface area contributed by atoms with Crippen LogP contribution in [0, 0.1) is 5.92 Å². The van der Waals surface area contributed by atoms with E-state index >= 15 is 0 Å². The van der Waals surface area contributed by atoms with Gasteiger partial charge in [-0.15, -0.1) is 0 Å². The lowest BCUT2D eigenvalue weighted by atomic mass is 10.1. The highest BCUT2D eigenvalue weighted by Gasteiger charge is 2.14. The van der Waals surface area contributed by atoms with E-state index in [1.54, 1.807) is 34.7 Å². The molecule has 0 fully saturated rings. The lowest BCUT2D eigenvalue weighted by Gasteiger charge is -2.09. The van der Waals surface area contributed by atoms with Crippen molar-refractivity contribution in [3.63, 3.8) is 0 Å². The smallest absolute Gasteiger partial charge is 0.251 e. The first kappa shape index (κ1) is 18.9. The van der Waals surface area contributed by atoms with Crippen molar-refractivity contribution in [3.05, 3.63) is 65.5 Å². The summed E-state index contributed by atoms with van der Waals surface area (Å²) in [6, 6.07) is 9.20. The zero-order valence-electron chi connectivity index (χ0n) is 16.7. The molecule has 0 aromatic carbocycles. The quantitative estimate of drug-likeness (QED) is 0.503. The molecule has 29 heavy (non-hydrogen) atoms. The summed E-state index contributed by atoms with van der Waals surface area (Å²) in [6.07, 6.45) is 8.08. The van der Waals surface area contributed by atoms with Crippen LogP contribution in [0.1, 0.15) is 20.3 Å². The molecule has 0 saturated carbocycles. The Morgan fingerprint density at radius 3 is 2.76 bits per heavy atom. The van der Waals surface area contributed by atoms with Crippen LogP contribution in [0.25, 0.3) is 28.0 Å². The second-order valence-electron chi connectivity index (χ2n) is 7.33. The van der Waals surface area contributed by atoms with Crippen LogP contribution in [0.4, 0.5) is 0 Å². The number of hydrogen-bond donors (Lipinski definition) is 0. The highest BCUT2D eigenvalue weighted by Crippen LogP contribution is 2.30. The fourth-order valence-corrected chi connectivity index (χ4v) is 3.23. The summed E-state index contributed by atoms with van der Waals surface area (Å²) in [5, 5.41) is 4.38. The maximum atomic E-state index is 12.5. The first-order chi connectivity index (χ1) is 14.1. The van der Waals surface area contributed by atoms with E-state index in [1.807, 2.05) is 36.7 Å². The lowest BCUT2D eigenvalue weighted by Crippen LogP contribution is -2.19. The Labute approximate surface area is 168 Å². The van der Waals surface area contributed by atoms with E-state index in [0.717, 1.165) is 35.3 Å². The van der Waals surface area contributed by atoms with Crippen LogP contribution in [0.2, 0.25) is 0 Å². The minimum Gasteiger partial charge on any atom is -0.481 e. The Morgan fingerprint density at radius 2 is 2.00 bits per heavy atom. The Kier molecular flexibility index (Phi) is 5.12. The van der Waals surface area contributed by atoms with Gasteiger partial charge in [0.1, 0.15) is 0 Å². The van der Waals surface area contributed by atoms with Crippen molar-refractivity contribution < 1.29 is 4.74 Å². The van der Waals surface area contributed by atoms with E-state index < -0.39 is 0 Å². The van der Waals surface area contributed by atoms with Gasteiger partial charge in [-0.1, -0.05) is 13.8 Å². The maximum absolute atomic E-state index is 12.5. The van der Waals surface area contributed by atoms with Gasteiger partial charge in [-0.25, -0.2) is 14.5 Å². The Morgan fingerprint density at radius 1 is 1.14 bits per heavy atom. The molecule has 0 bridgehead atoms. The zero-order valence-corrected chi connectivity index (χ0v) is 16.7. The van der Waals surface area contributed by atoms with Gasteiger partial charge < -0.3 is 9.30 Å². The SMILES string of the molecule is COc1ncccc1-c1cnn2ccc(-c3ccn(CCC(C)C)c(=O)c3)nc12. The third kappa shape index (κ3) is 3.76. The van der Waals surface area contributed by atoms with Crippen LogP contribution < -0.4 is 10.3 Å². The monoisotopic (exact) mass is 389 g/mol. The Hall–Kier alpha value is -3.48. The molecule has 0 saturated heterocycles. The van der Waals surface area contributed by atoms with Crippen molar-refractivity contribution in [2.45, 2.75) is 26.8 Å². The zero-order chi connectivity index (χ0) is 20.4. The highest BCUT2D eigenvalue weighted by molar-refractivity contribution is 5.81. The molecule has 4 rings (SSSR count). The van der Waals surface area contributed by atoms with Gasteiger partial charge in [0.2, 0.25) is 5.88 Å². The molecule has 0 atom stereocenters. The van der Waals surface area contributed by atoms with Gasteiger partial charge in [0.25, 0.3) is 5.56 Å². The van der Waals surface area contributed by atoms with Crippen molar-refractivity contribution in [1.82, 2.24) is 24.1 Å². The second kappa shape index (κ2) is 7.87. The van der Waals surface area contributed by atoms with Crippen molar-refractivity contribution in [2.24, 2.45) is 5.92 Å². The largest absolute Gasteiger partial charge is 0.481 e. The number of aromatic nitrogens is 5. The number of aryl methyl sites for hydroxylation is 1. The normalized spacial score (nSPS) is 11.3. The van der Waals surface area contributed by atoms with E-state index in [4.69, 9.17) is 9.72 Å². The number of hydrogen-bond acceptors (Lipinski definition) is 5. The average Bonchev–Trinajstić information content (AvgIpc) is 3.15. The number of pyridine rings is 2. The molecule has 4 heterocycles. The molecular weight excluding hydrogens is 366 g/mol. The fraction of sp³-hybridized carbons (Fsp3) is 0.273. The molecular formula is C22H23N5O2. The van der Waals surface area contributed by atoms with Crippen molar-refractivity contribution in [1.29, 1.82) is 0 Å². The summed E-state index contributed by atoms with van der Waals surface area (Å²) >= 11 is 0. The number of rotatable bonds is 6. The standard InChI is InChI=1S/C22H23N5O2/c1-15(2)6-10-26-11-7-16(13-20(26)28)19-8-12-27-21(25-19)18(14-24-27)17-5-4-9-23-22(17)29-3/h4-5,7-9,11-15H,6,10H2,1-3H3. The molecule has 0 aliphatic rings. The minimum absolute atomic E-state index is 0.0208. The molecule has 4 aromatic heterocycles. The van der Waals surface area contributed by atoms with Gasteiger partial charge in [0.05, 0.1) is 24.6 Å². The summed E-state index contributed by atoms with van der Waals surface area (Å²) in [5.41, 5.74) is 3.80. The molecule has 0 N–H and O–H groups in total. The molecule has 0 aliphatic carbocycles. The fourth-order valence-electron chi connectivity index (χ4n) is 3.23. The first-order valence-corrected chi connectivity index (χ1v) is 9.61. The summed E-state index contributed by atoms with van der Waals surface area (Å²) in [6.45, 7) is 5.02. The Bertz CT molecular complexity index is 1210. The molecule has 0 radical (unpaired) electrons. The highest BCUT2D eigenvalue weighted by atomic mass is 16.5. The molecule has 7 heteroatoms. The number of ether oxygens (including phenoxy) is 1. The van der Waals surface area contributed by atoms with Gasteiger partial charge in [0.15, 0.2) is 5.65 Å². The summed E-state index contributed by atoms with van der Waals surface area (Å²) in [7, 11) is 1.59. The van der Waals surface area contributed by atoms with Gasteiger partial charge in [-0.3, -0.25) is 4.79 Å². The van der Waals surface area contributed by atoms with E-state index in [-0.39, 0.29) is 5.56 Å².